The van der Waals surface area contributed by atoms with E-state index in [-0.39, 0.29) is 23.6 Å². The summed E-state index contributed by atoms with van der Waals surface area (Å²) in [6.45, 7) is 2.55. The second kappa shape index (κ2) is 5.86. The minimum Gasteiger partial charge on any atom is -0.375 e. The first-order chi connectivity index (χ1) is 10.5. The van der Waals surface area contributed by atoms with Gasteiger partial charge in [0.2, 0.25) is 5.91 Å². The molecular weight excluding hydrogens is 305 g/mol. The van der Waals surface area contributed by atoms with Crippen LogP contribution in [0.4, 0.5) is 4.39 Å². The van der Waals surface area contributed by atoms with E-state index in [1.54, 1.807) is 17.0 Å². The van der Waals surface area contributed by atoms with Crippen LogP contribution in [0.3, 0.4) is 0 Å². The second-order valence-corrected chi connectivity index (χ2v) is 6.07. The number of benzene rings is 2. The van der Waals surface area contributed by atoms with Crippen molar-refractivity contribution in [3.8, 4) is 0 Å². The van der Waals surface area contributed by atoms with Crippen molar-refractivity contribution in [2.45, 2.75) is 25.9 Å². The van der Waals surface area contributed by atoms with Crippen molar-refractivity contribution >= 4 is 28.3 Å². The number of hydrogen-bond donors (Lipinski definition) is 0. The quantitative estimate of drug-likeness (QED) is 0.846. The van der Waals surface area contributed by atoms with Gasteiger partial charge in [0.05, 0.1) is 5.02 Å². The van der Waals surface area contributed by atoms with Crippen LogP contribution in [0, 0.1) is 5.82 Å². The van der Waals surface area contributed by atoms with Crippen molar-refractivity contribution in [1.29, 1.82) is 0 Å². The SMILES string of the molecule is COCC(=O)N1Cc2c(ccc3c(F)c(Cl)ccc23)C[C@H]1C. The number of fused-ring (bicyclic) bond motifs is 3. The summed E-state index contributed by atoms with van der Waals surface area (Å²) >= 11 is 5.86. The zero-order valence-electron chi connectivity index (χ0n) is 12.5. The third-order valence-corrected chi connectivity index (χ3v) is 4.55. The lowest BCUT2D eigenvalue weighted by Crippen LogP contribution is -2.44. The van der Waals surface area contributed by atoms with Crippen molar-refractivity contribution in [3.05, 3.63) is 46.2 Å². The summed E-state index contributed by atoms with van der Waals surface area (Å²) in [6, 6.07) is 7.21. The molecule has 22 heavy (non-hydrogen) atoms. The van der Waals surface area contributed by atoms with Crippen molar-refractivity contribution in [3.63, 3.8) is 0 Å². The molecule has 1 aliphatic heterocycles. The molecule has 5 heteroatoms. The summed E-state index contributed by atoms with van der Waals surface area (Å²) < 4.78 is 19.1. The second-order valence-electron chi connectivity index (χ2n) is 5.67. The summed E-state index contributed by atoms with van der Waals surface area (Å²) in [5.74, 6) is -0.456. The highest BCUT2D eigenvalue weighted by molar-refractivity contribution is 6.31. The molecular formula is C17H17ClFNO2. The van der Waals surface area contributed by atoms with Gasteiger partial charge in [0.15, 0.2) is 0 Å². The lowest BCUT2D eigenvalue weighted by atomic mass is 9.90. The Balaban J connectivity index is 2.09. The molecule has 1 amide bonds. The number of hydrogen-bond acceptors (Lipinski definition) is 2. The highest BCUT2D eigenvalue weighted by atomic mass is 35.5. The Hall–Kier alpha value is -1.65. The molecule has 0 saturated carbocycles. The molecule has 0 unspecified atom stereocenters. The van der Waals surface area contributed by atoms with Crippen LogP contribution in [0.15, 0.2) is 24.3 Å². The number of carbonyl (C=O) groups excluding carboxylic acids is 1. The van der Waals surface area contributed by atoms with E-state index in [9.17, 15) is 9.18 Å². The molecule has 3 nitrogen and oxygen atoms in total. The van der Waals surface area contributed by atoms with Gasteiger partial charge in [0.1, 0.15) is 12.4 Å². The van der Waals surface area contributed by atoms with E-state index in [2.05, 4.69) is 0 Å². The Morgan fingerprint density at radius 2 is 2.09 bits per heavy atom. The molecule has 1 aliphatic rings. The number of ether oxygens (including phenoxy) is 1. The van der Waals surface area contributed by atoms with Gasteiger partial charge >= 0.3 is 0 Å². The summed E-state index contributed by atoms with van der Waals surface area (Å²) in [6.07, 6.45) is 0.755. The molecule has 3 rings (SSSR count). The predicted octanol–water partition coefficient (Wildman–Crippen LogP) is 3.55. The summed E-state index contributed by atoms with van der Waals surface area (Å²) in [4.78, 5) is 14.0. The van der Waals surface area contributed by atoms with E-state index < -0.39 is 5.82 Å². The van der Waals surface area contributed by atoms with Crippen LogP contribution in [-0.4, -0.2) is 30.6 Å². The van der Waals surface area contributed by atoms with Crippen LogP contribution in [0.25, 0.3) is 10.8 Å². The van der Waals surface area contributed by atoms with Crippen molar-refractivity contribution in [2.24, 2.45) is 0 Å². The molecule has 2 aromatic carbocycles. The lowest BCUT2D eigenvalue weighted by Gasteiger charge is -2.35. The summed E-state index contributed by atoms with van der Waals surface area (Å²) in [5, 5.41) is 1.44. The van der Waals surface area contributed by atoms with E-state index >= 15 is 0 Å². The molecule has 0 aliphatic carbocycles. The van der Waals surface area contributed by atoms with E-state index in [4.69, 9.17) is 16.3 Å². The number of nitrogens with zero attached hydrogens (tertiary/aromatic N) is 1. The van der Waals surface area contributed by atoms with E-state index in [1.165, 1.54) is 7.11 Å². The number of halogens is 2. The number of methoxy groups -OCH3 is 1. The maximum Gasteiger partial charge on any atom is 0.249 e. The fraction of sp³-hybridized carbons (Fsp3) is 0.353. The average Bonchev–Trinajstić information content (AvgIpc) is 2.50. The molecule has 0 bridgehead atoms. The van der Waals surface area contributed by atoms with E-state index in [0.717, 1.165) is 22.9 Å². The van der Waals surface area contributed by atoms with Gasteiger partial charge in [-0.2, -0.15) is 0 Å². The molecule has 116 valence electrons. The van der Waals surface area contributed by atoms with Crippen LogP contribution in [0.5, 0.6) is 0 Å². The van der Waals surface area contributed by atoms with Crippen LogP contribution < -0.4 is 0 Å². The molecule has 0 aromatic heterocycles. The lowest BCUT2D eigenvalue weighted by molar-refractivity contribution is -0.138. The van der Waals surface area contributed by atoms with Gasteiger partial charge in [-0.05, 0) is 35.9 Å². The Morgan fingerprint density at radius 3 is 2.82 bits per heavy atom. The summed E-state index contributed by atoms with van der Waals surface area (Å²) in [5.41, 5.74) is 2.15. The van der Waals surface area contributed by atoms with Gasteiger partial charge in [0.25, 0.3) is 0 Å². The molecule has 1 atom stereocenters. The molecule has 0 N–H and O–H groups in total. The standard InChI is InChI=1S/C17H17ClFNO2/c1-10-7-11-3-4-13-12(5-6-15(18)17(13)19)14(11)8-20(10)16(21)9-22-2/h3-6,10H,7-9H2,1-2H3/t10-/m1/s1. The molecule has 0 saturated heterocycles. The largest absolute Gasteiger partial charge is 0.375 e. The number of carbonyl (C=O) groups is 1. The Labute approximate surface area is 133 Å². The molecule has 0 radical (unpaired) electrons. The Morgan fingerprint density at radius 1 is 1.36 bits per heavy atom. The molecule has 1 heterocycles. The molecule has 2 aromatic rings. The van der Waals surface area contributed by atoms with Crippen molar-refractivity contribution < 1.29 is 13.9 Å². The molecule has 0 spiro atoms. The third-order valence-electron chi connectivity index (χ3n) is 4.26. The monoisotopic (exact) mass is 321 g/mol. The van der Waals surface area contributed by atoms with Crippen LogP contribution >= 0.6 is 11.6 Å². The van der Waals surface area contributed by atoms with Crippen LogP contribution in [0.1, 0.15) is 18.1 Å². The maximum atomic E-state index is 14.2. The fourth-order valence-electron chi connectivity index (χ4n) is 3.12. The van der Waals surface area contributed by atoms with Gasteiger partial charge < -0.3 is 9.64 Å². The highest BCUT2D eigenvalue weighted by Crippen LogP contribution is 2.33. The minimum atomic E-state index is -0.407. The number of amides is 1. The zero-order valence-corrected chi connectivity index (χ0v) is 13.3. The minimum absolute atomic E-state index is 0.0490. The van der Waals surface area contributed by atoms with Gasteiger partial charge in [-0.3, -0.25) is 4.79 Å². The first-order valence-electron chi connectivity index (χ1n) is 7.19. The molecule has 0 fully saturated rings. The van der Waals surface area contributed by atoms with Crippen molar-refractivity contribution in [2.75, 3.05) is 13.7 Å². The maximum absolute atomic E-state index is 14.2. The summed E-state index contributed by atoms with van der Waals surface area (Å²) in [7, 11) is 1.51. The first-order valence-corrected chi connectivity index (χ1v) is 7.57. The first kappa shape index (κ1) is 15.3. The Kier molecular flexibility index (Phi) is 4.06. The van der Waals surface area contributed by atoms with Gasteiger partial charge in [-0.15, -0.1) is 0 Å². The topological polar surface area (TPSA) is 29.5 Å². The van der Waals surface area contributed by atoms with Gasteiger partial charge in [-0.25, -0.2) is 4.39 Å². The Bertz CT molecular complexity index is 747. The van der Waals surface area contributed by atoms with E-state index in [1.807, 2.05) is 19.1 Å². The predicted molar refractivity (Wildman–Crippen MR) is 84.5 cm³/mol. The van der Waals surface area contributed by atoms with Crippen molar-refractivity contribution in [1.82, 2.24) is 4.90 Å². The normalized spacial score (nSPS) is 17.6. The van der Waals surface area contributed by atoms with Crippen LogP contribution in [-0.2, 0) is 22.5 Å². The fourth-order valence-corrected chi connectivity index (χ4v) is 3.29. The van der Waals surface area contributed by atoms with Gasteiger partial charge in [0, 0.05) is 25.1 Å². The van der Waals surface area contributed by atoms with Gasteiger partial charge in [-0.1, -0.05) is 29.8 Å². The van der Waals surface area contributed by atoms with E-state index in [0.29, 0.717) is 11.9 Å². The van der Waals surface area contributed by atoms with Crippen LogP contribution in [0.2, 0.25) is 5.02 Å². The number of rotatable bonds is 2. The zero-order chi connectivity index (χ0) is 15.9. The smallest absolute Gasteiger partial charge is 0.249 e. The third kappa shape index (κ3) is 2.46. The highest BCUT2D eigenvalue weighted by Gasteiger charge is 2.28. The average molecular weight is 322 g/mol.